The molecule has 6 rings (SSSR count). The van der Waals surface area contributed by atoms with E-state index in [1.165, 1.54) is 12.1 Å². The van der Waals surface area contributed by atoms with Crippen molar-refractivity contribution in [1.29, 1.82) is 0 Å². The highest BCUT2D eigenvalue weighted by Gasteiger charge is 2.26. The van der Waals surface area contributed by atoms with Crippen LogP contribution in [0.3, 0.4) is 0 Å². The molecule has 0 radical (unpaired) electrons. The molecule has 0 atom stereocenters. The van der Waals surface area contributed by atoms with Crippen LogP contribution in [0.5, 0.6) is 28.7 Å². The van der Waals surface area contributed by atoms with Gasteiger partial charge in [0, 0.05) is 87.7 Å². The summed E-state index contributed by atoms with van der Waals surface area (Å²) in [7, 11) is 0. The van der Waals surface area contributed by atoms with Gasteiger partial charge in [-0.2, -0.15) is 0 Å². The highest BCUT2D eigenvalue weighted by molar-refractivity contribution is 6.31. The Morgan fingerprint density at radius 3 is 0.868 bits per heavy atom. The van der Waals surface area contributed by atoms with Crippen LogP contribution in [0, 0.1) is 10.1 Å². The van der Waals surface area contributed by atoms with Crippen molar-refractivity contribution >= 4 is 28.9 Å². The Morgan fingerprint density at radius 1 is 0.453 bits per heavy atom. The molecule has 0 unspecified atom stereocenters. The third kappa shape index (κ3) is 7.75. The van der Waals surface area contributed by atoms with Crippen LogP contribution in [0.1, 0.15) is 108 Å². The fraction of sp³-hybridized carbons (Fsp3) is 0.302. The molecule has 0 amide bonds. The number of aromatic hydroxyl groups is 5. The van der Waals surface area contributed by atoms with Gasteiger partial charge in [0.1, 0.15) is 28.7 Å². The van der Waals surface area contributed by atoms with Crippen molar-refractivity contribution in [2.75, 3.05) is 0 Å². The Kier molecular flexibility index (Phi) is 9.86. The topological polar surface area (TPSA) is 144 Å². The van der Waals surface area contributed by atoms with E-state index in [9.17, 15) is 35.6 Å². The summed E-state index contributed by atoms with van der Waals surface area (Å²) in [6.07, 6.45) is 0.189. The van der Waals surface area contributed by atoms with Crippen molar-refractivity contribution in [3.05, 3.63) is 148 Å². The van der Waals surface area contributed by atoms with Gasteiger partial charge in [0.15, 0.2) is 0 Å². The lowest BCUT2D eigenvalue weighted by Gasteiger charge is -2.24. The van der Waals surface area contributed by atoms with Crippen LogP contribution in [0.4, 0.5) is 5.69 Å². The number of phenols is 5. The first-order valence-electron chi connectivity index (χ1n) is 17.4. The molecule has 0 saturated heterocycles. The van der Waals surface area contributed by atoms with Gasteiger partial charge in [-0.25, -0.2) is 0 Å². The summed E-state index contributed by atoms with van der Waals surface area (Å²) in [6.45, 7) is 12.1. The second-order valence-electron chi connectivity index (χ2n) is 16.2. The zero-order valence-electron chi connectivity index (χ0n) is 30.6. The second kappa shape index (κ2) is 13.8. The van der Waals surface area contributed by atoms with Gasteiger partial charge in [-0.15, -0.1) is 0 Å². The van der Waals surface area contributed by atoms with Crippen molar-refractivity contribution in [1.82, 2.24) is 0 Å². The maximum Gasteiger partial charge on any atom is 0.270 e. The number of nitro groups is 1. The van der Waals surface area contributed by atoms with E-state index in [-0.39, 0.29) is 88.5 Å². The van der Waals surface area contributed by atoms with Gasteiger partial charge in [0.05, 0.1) is 4.92 Å². The highest BCUT2D eigenvalue weighted by Crippen LogP contribution is 2.42. The molecule has 10 heteroatoms. The Bertz CT molecular complexity index is 2150. The highest BCUT2D eigenvalue weighted by atomic mass is 35.5. The summed E-state index contributed by atoms with van der Waals surface area (Å²) < 4.78 is 0. The van der Waals surface area contributed by atoms with Gasteiger partial charge in [-0.05, 0) is 68.5 Å². The van der Waals surface area contributed by atoms with Crippen LogP contribution in [-0.2, 0) is 42.9 Å². The summed E-state index contributed by atoms with van der Waals surface area (Å²) in [6, 6.07) is 16.5. The third-order valence-corrected chi connectivity index (χ3v) is 10.5. The molecule has 8 nitrogen and oxygen atoms in total. The van der Waals surface area contributed by atoms with E-state index in [4.69, 9.17) is 23.2 Å². The normalized spacial score (nSPS) is 13.4. The summed E-state index contributed by atoms with van der Waals surface area (Å²) >= 11 is 13.2. The van der Waals surface area contributed by atoms with Crippen molar-refractivity contribution in [3.63, 3.8) is 0 Å². The first kappa shape index (κ1) is 37.8. The Hall–Kier alpha value is -4.92. The molecule has 276 valence electrons. The van der Waals surface area contributed by atoms with Crippen molar-refractivity contribution in [3.8, 4) is 28.7 Å². The SMILES string of the molecule is CC(C)(C)c1cc2c(O)c(c1)Cc1cc([N+](=O)[O-])cc(c1O)Cc1cc(C(C)(C)C)cc(c1O)Cc1cc(Cl)cc(c1O)Cc1cc(Cl)cc(c1O)C2. The van der Waals surface area contributed by atoms with Crippen molar-refractivity contribution < 1.29 is 30.5 Å². The van der Waals surface area contributed by atoms with E-state index in [0.717, 1.165) is 11.1 Å². The second-order valence-corrected chi connectivity index (χ2v) is 17.1. The van der Waals surface area contributed by atoms with Crippen LogP contribution in [-0.4, -0.2) is 30.5 Å². The van der Waals surface area contributed by atoms with Gasteiger partial charge < -0.3 is 25.5 Å². The average molecular weight is 757 g/mol. The van der Waals surface area contributed by atoms with Gasteiger partial charge in [0.25, 0.3) is 5.69 Å². The zero-order valence-corrected chi connectivity index (χ0v) is 32.1. The van der Waals surface area contributed by atoms with E-state index in [2.05, 4.69) is 0 Å². The smallest absolute Gasteiger partial charge is 0.270 e. The number of hydrogen-bond donors (Lipinski definition) is 5. The van der Waals surface area contributed by atoms with Crippen molar-refractivity contribution in [2.24, 2.45) is 0 Å². The first-order valence-corrected chi connectivity index (χ1v) is 18.1. The Labute approximate surface area is 319 Å². The van der Waals surface area contributed by atoms with E-state index < -0.39 is 4.92 Å². The minimum atomic E-state index is -0.530. The number of phenolic OH excluding ortho intramolecular Hbond substituents is 5. The molecule has 0 heterocycles. The fourth-order valence-electron chi connectivity index (χ4n) is 7.04. The number of halogens is 2. The van der Waals surface area contributed by atoms with Crippen LogP contribution in [0.2, 0.25) is 10.0 Å². The number of hydrogen-bond acceptors (Lipinski definition) is 7. The number of rotatable bonds is 1. The Balaban J connectivity index is 1.67. The van der Waals surface area contributed by atoms with E-state index >= 15 is 0 Å². The minimum Gasteiger partial charge on any atom is -0.507 e. The van der Waals surface area contributed by atoms with Crippen LogP contribution >= 0.6 is 23.2 Å². The maximum atomic E-state index is 12.2. The lowest BCUT2D eigenvalue weighted by Crippen LogP contribution is -2.13. The molecule has 1 aliphatic rings. The van der Waals surface area contributed by atoms with Crippen LogP contribution in [0.15, 0.2) is 60.7 Å². The van der Waals surface area contributed by atoms with Gasteiger partial charge in [-0.3, -0.25) is 10.1 Å². The largest absolute Gasteiger partial charge is 0.507 e. The number of nitrogens with zero attached hydrogens (tertiary/aromatic N) is 1. The molecule has 0 aromatic heterocycles. The van der Waals surface area contributed by atoms with Gasteiger partial charge in [0.2, 0.25) is 0 Å². The third-order valence-electron chi connectivity index (χ3n) is 10.1. The van der Waals surface area contributed by atoms with Crippen molar-refractivity contribution in [2.45, 2.75) is 84.5 Å². The van der Waals surface area contributed by atoms with Crippen LogP contribution < -0.4 is 0 Å². The van der Waals surface area contributed by atoms with E-state index in [0.29, 0.717) is 54.6 Å². The number of nitro benzene ring substituents is 1. The summed E-state index contributed by atoms with van der Waals surface area (Å²) in [5.74, 6) is -0.486. The van der Waals surface area contributed by atoms with E-state index in [1.54, 1.807) is 24.3 Å². The summed E-state index contributed by atoms with van der Waals surface area (Å²) in [4.78, 5) is 11.7. The average Bonchev–Trinajstić information content (AvgIpc) is 3.05. The summed E-state index contributed by atoms with van der Waals surface area (Å²) in [5, 5.41) is 71.5. The fourth-order valence-corrected chi connectivity index (χ4v) is 7.57. The zero-order chi connectivity index (χ0) is 38.7. The monoisotopic (exact) mass is 755 g/mol. The number of non-ortho nitro benzene ring substituents is 1. The molecule has 0 spiro atoms. The molecular weight excluding hydrogens is 713 g/mol. The predicted molar refractivity (Wildman–Crippen MR) is 209 cm³/mol. The van der Waals surface area contributed by atoms with Gasteiger partial charge in [-0.1, -0.05) is 89.0 Å². The molecule has 5 aromatic rings. The first-order chi connectivity index (χ1) is 24.7. The molecule has 5 N–H and O–H groups in total. The predicted octanol–water partition coefficient (Wildman–Crippen LogP) is 10.3. The minimum absolute atomic E-state index is 0.0377. The summed E-state index contributed by atoms with van der Waals surface area (Å²) in [5.41, 5.74) is 4.76. The Morgan fingerprint density at radius 2 is 0.660 bits per heavy atom. The molecular formula is C43H43Cl2NO7. The molecule has 5 aromatic carbocycles. The standard InChI is InChI=1S/C43H43Cl2NO7/c1-42(2,3)32-12-22-7-26-16-34(44)18-28(39(26)49)11-29-19-35(45)17-27(40(29)50)8-23-13-33(43(4,5)6)15-25(38(23)48)10-31-21-36(46(52)53)20-30(41(31)51)9-24(14-32)37(22)47/h12-21,47-51H,7-11H2,1-6H3. The molecule has 0 fully saturated rings. The lowest BCUT2D eigenvalue weighted by molar-refractivity contribution is -0.385. The van der Waals surface area contributed by atoms with Crippen LogP contribution in [0.25, 0.3) is 0 Å². The number of benzene rings is 5. The molecule has 0 saturated carbocycles. The van der Waals surface area contributed by atoms with Gasteiger partial charge >= 0.3 is 0 Å². The molecule has 1 aliphatic carbocycles. The van der Waals surface area contributed by atoms with E-state index in [1.807, 2.05) is 65.8 Å². The molecule has 0 aliphatic heterocycles. The maximum absolute atomic E-state index is 12.2. The molecule has 10 bridgehead atoms. The lowest BCUT2D eigenvalue weighted by atomic mass is 9.82. The quantitative estimate of drug-likeness (QED) is 0.0830. The molecule has 53 heavy (non-hydrogen) atoms. The number of fused-ring (bicyclic) bond motifs is 10.